The van der Waals surface area contributed by atoms with E-state index < -0.39 is 4.84 Å². The maximum absolute atomic E-state index is 5.49. The molecule has 0 fully saturated rings. The molecular weight excluding hydrogens is 194 g/mol. The second-order valence-corrected chi connectivity index (χ2v) is 2.99. The van der Waals surface area contributed by atoms with Gasteiger partial charge in [0.2, 0.25) is 5.28 Å². The molecular formula is C5H3Cl3N2. The van der Waals surface area contributed by atoms with E-state index in [0.29, 0.717) is 5.69 Å². The van der Waals surface area contributed by atoms with Crippen molar-refractivity contribution in [3.8, 4) is 0 Å². The number of hydrogen-bond acceptors (Lipinski definition) is 2. The maximum atomic E-state index is 5.49. The molecule has 0 amide bonds. The van der Waals surface area contributed by atoms with Crippen LogP contribution in [-0.2, 0) is 0 Å². The first-order valence-corrected chi connectivity index (χ1v) is 3.72. The molecule has 10 heavy (non-hydrogen) atoms. The molecule has 0 saturated carbocycles. The van der Waals surface area contributed by atoms with E-state index in [1.54, 1.807) is 6.07 Å². The second-order valence-electron chi connectivity index (χ2n) is 1.55. The van der Waals surface area contributed by atoms with Gasteiger partial charge in [0.15, 0.2) is 0 Å². The van der Waals surface area contributed by atoms with Crippen LogP contribution < -0.4 is 0 Å². The summed E-state index contributed by atoms with van der Waals surface area (Å²) in [5, 5.41) is 0.156. The first-order chi connectivity index (χ1) is 4.70. The molecule has 1 aromatic rings. The van der Waals surface area contributed by atoms with Crippen LogP contribution in [0.5, 0.6) is 0 Å². The number of nitrogens with zero attached hydrogens (tertiary/aromatic N) is 2. The lowest BCUT2D eigenvalue weighted by molar-refractivity contribution is 1.07. The number of hydrogen-bond donors (Lipinski definition) is 0. The Morgan fingerprint density at radius 3 is 2.50 bits per heavy atom. The Labute approximate surface area is 73.1 Å². The Kier molecular flexibility index (Phi) is 2.72. The van der Waals surface area contributed by atoms with Gasteiger partial charge in [-0.3, -0.25) is 0 Å². The van der Waals surface area contributed by atoms with Gasteiger partial charge in [-0.05, 0) is 17.7 Å². The van der Waals surface area contributed by atoms with Crippen molar-refractivity contribution in [1.29, 1.82) is 0 Å². The van der Waals surface area contributed by atoms with Crippen LogP contribution in [0.3, 0.4) is 0 Å². The zero-order valence-corrected chi connectivity index (χ0v) is 7.03. The quantitative estimate of drug-likeness (QED) is 0.511. The van der Waals surface area contributed by atoms with Gasteiger partial charge in [0.25, 0.3) is 0 Å². The zero-order valence-electron chi connectivity index (χ0n) is 4.76. The summed E-state index contributed by atoms with van der Waals surface area (Å²) in [6.45, 7) is 0. The molecule has 0 aliphatic heterocycles. The second kappa shape index (κ2) is 3.37. The highest BCUT2D eigenvalue weighted by atomic mass is 35.5. The number of rotatable bonds is 1. The third-order valence-corrected chi connectivity index (χ3v) is 1.50. The maximum Gasteiger partial charge on any atom is 0.222 e. The summed E-state index contributed by atoms with van der Waals surface area (Å²) >= 11 is 16.4. The fraction of sp³-hybridized carbons (Fsp3) is 0.200. The van der Waals surface area contributed by atoms with E-state index in [1.807, 2.05) is 0 Å². The summed E-state index contributed by atoms with van der Waals surface area (Å²) in [4.78, 5) is 6.78. The minimum absolute atomic E-state index is 0.156. The molecule has 54 valence electrons. The van der Waals surface area contributed by atoms with Crippen LogP contribution in [-0.4, -0.2) is 9.97 Å². The van der Waals surface area contributed by atoms with E-state index >= 15 is 0 Å². The van der Waals surface area contributed by atoms with Crippen LogP contribution in [0.2, 0.25) is 5.28 Å². The van der Waals surface area contributed by atoms with Gasteiger partial charge in [0.05, 0.1) is 5.69 Å². The average molecular weight is 197 g/mol. The molecule has 0 aliphatic rings. The van der Waals surface area contributed by atoms with Crippen molar-refractivity contribution in [1.82, 2.24) is 9.97 Å². The smallest absolute Gasteiger partial charge is 0.222 e. The third-order valence-electron chi connectivity index (χ3n) is 0.871. The lowest BCUT2D eigenvalue weighted by atomic mass is 10.5. The summed E-state index contributed by atoms with van der Waals surface area (Å²) in [5.41, 5.74) is 0.517. The van der Waals surface area contributed by atoms with Crippen LogP contribution in [0.25, 0.3) is 0 Å². The van der Waals surface area contributed by atoms with Gasteiger partial charge in [-0.15, -0.1) is 0 Å². The summed E-state index contributed by atoms with van der Waals surface area (Å²) in [5.74, 6) is 0. The van der Waals surface area contributed by atoms with E-state index in [4.69, 9.17) is 34.8 Å². The average Bonchev–Trinajstić information content (AvgIpc) is 1.88. The van der Waals surface area contributed by atoms with Gasteiger partial charge >= 0.3 is 0 Å². The molecule has 0 spiro atoms. The molecule has 0 atom stereocenters. The van der Waals surface area contributed by atoms with Crippen molar-refractivity contribution in [3.63, 3.8) is 0 Å². The molecule has 0 radical (unpaired) electrons. The van der Waals surface area contributed by atoms with Gasteiger partial charge in [0.1, 0.15) is 4.84 Å². The minimum Gasteiger partial charge on any atom is -0.227 e. The molecule has 5 heteroatoms. The van der Waals surface area contributed by atoms with Crippen LogP contribution in [0, 0.1) is 0 Å². The summed E-state index contributed by atoms with van der Waals surface area (Å²) < 4.78 is 0. The topological polar surface area (TPSA) is 25.8 Å². The van der Waals surface area contributed by atoms with E-state index in [9.17, 15) is 0 Å². The predicted molar refractivity (Wildman–Crippen MR) is 41.5 cm³/mol. The summed E-state index contributed by atoms with van der Waals surface area (Å²) in [6.07, 6.45) is 1.50. The normalized spacial score (nSPS) is 10.4. The highest BCUT2D eigenvalue weighted by Crippen LogP contribution is 2.22. The van der Waals surface area contributed by atoms with Crippen LogP contribution in [0.15, 0.2) is 12.3 Å². The standard InChI is InChI=1S/C5H3Cl3N2/c6-4(7)3-1-2-9-5(8)10-3/h1-2,4H. The molecule has 0 aromatic carbocycles. The number of alkyl halides is 2. The third kappa shape index (κ3) is 1.97. The molecule has 0 aliphatic carbocycles. The lowest BCUT2D eigenvalue weighted by Crippen LogP contribution is -1.89. The first kappa shape index (κ1) is 8.05. The molecule has 0 N–H and O–H groups in total. The Hall–Kier alpha value is -0.0500. The van der Waals surface area contributed by atoms with Crippen molar-refractivity contribution in [2.75, 3.05) is 0 Å². The zero-order chi connectivity index (χ0) is 7.56. The van der Waals surface area contributed by atoms with E-state index in [-0.39, 0.29) is 5.28 Å². The van der Waals surface area contributed by atoms with Crippen LogP contribution >= 0.6 is 34.8 Å². The Balaban J connectivity index is 2.96. The molecule has 0 unspecified atom stereocenters. The Morgan fingerprint density at radius 2 is 2.10 bits per heavy atom. The van der Waals surface area contributed by atoms with Crippen molar-refractivity contribution < 1.29 is 0 Å². The van der Waals surface area contributed by atoms with Crippen molar-refractivity contribution in [2.24, 2.45) is 0 Å². The van der Waals surface area contributed by atoms with Crippen LogP contribution in [0.1, 0.15) is 10.5 Å². The summed E-state index contributed by atoms with van der Waals surface area (Å²) in [7, 11) is 0. The predicted octanol–water partition coefficient (Wildman–Crippen LogP) is 2.61. The molecule has 0 bridgehead atoms. The van der Waals surface area contributed by atoms with Gasteiger partial charge in [-0.1, -0.05) is 23.2 Å². The first-order valence-electron chi connectivity index (χ1n) is 2.47. The van der Waals surface area contributed by atoms with E-state index in [1.165, 1.54) is 6.20 Å². The van der Waals surface area contributed by atoms with Crippen LogP contribution in [0.4, 0.5) is 0 Å². The highest BCUT2D eigenvalue weighted by Gasteiger charge is 2.04. The van der Waals surface area contributed by atoms with Crippen molar-refractivity contribution in [2.45, 2.75) is 4.84 Å². The van der Waals surface area contributed by atoms with Crippen molar-refractivity contribution in [3.05, 3.63) is 23.2 Å². The fourth-order valence-electron chi connectivity index (χ4n) is 0.469. The largest absolute Gasteiger partial charge is 0.227 e. The fourth-order valence-corrected chi connectivity index (χ4v) is 0.866. The van der Waals surface area contributed by atoms with Crippen molar-refractivity contribution >= 4 is 34.8 Å². The highest BCUT2D eigenvalue weighted by molar-refractivity contribution is 6.43. The lowest BCUT2D eigenvalue weighted by Gasteiger charge is -1.97. The molecule has 1 rings (SSSR count). The molecule has 1 heterocycles. The van der Waals surface area contributed by atoms with Gasteiger partial charge in [-0.2, -0.15) is 0 Å². The molecule has 0 saturated heterocycles. The van der Waals surface area contributed by atoms with E-state index in [2.05, 4.69) is 9.97 Å². The SMILES string of the molecule is Clc1nccc(C(Cl)Cl)n1. The Bertz CT molecular complexity index is 226. The molecule has 1 aromatic heterocycles. The monoisotopic (exact) mass is 196 g/mol. The van der Waals surface area contributed by atoms with Gasteiger partial charge < -0.3 is 0 Å². The van der Waals surface area contributed by atoms with Gasteiger partial charge in [-0.25, -0.2) is 9.97 Å². The number of aromatic nitrogens is 2. The van der Waals surface area contributed by atoms with E-state index in [0.717, 1.165) is 0 Å². The number of halogens is 3. The Morgan fingerprint density at radius 1 is 1.40 bits per heavy atom. The van der Waals surface area contributed by atoms with Gasteiger partial charge in [0, 0.05) is 6.20 Å². The summed E-state index contributed by atoms with van der Waals surface area (Å²) in [6, 6.07) is 1.61. The molecule has 2 nitrogen and oxygen atoms in total. The minimum atomic E-state index is -0.638.